The Bertz CT molecular complexity index is 361. The minimum absolute atomic E-state index is 0.0222. The summed E-state index contributed by atoms with van der Waals surface area (Å²) in [6, 6.07) is 6.09. The quantitative estimate of drug-likeness (QED) is 0.850. The Balaban J connectivity index is 2.89. The van der Waals surface area contributed by atoms with Gasteiger partial charge in [-0.1, -0.05) is 20.8 Å². The number of rotatable bonds is 3. The van der Waals surface area contributed by atoms with Gasteiger partial charge in [-0.3, -0.25) is 4.79 Å². The zero-order chi connectivity index (χ0) is 11.4. The van der Waals surface area contributed by atoms with Crippen LogP contribution in [0, 0.1) is 9.49 Å². The van der Waals surface area contributed by atoms with Crippen LogP contribution in [0.2, 0.25) is 0 Å². The van der Waals surface area contributed by atoms with Gasteiger partial charge in [0.05, 0.1) is 0 Å². The summed E-state index contributed by atoms with van der Waals surface area (Å²) in [7, 11) is 0. The largest absolute Gasteiger partial charge is 0.326 e. The van der Waals surface area contributed by atoms with Crippen molar-refractivity contribution >= 4 is 34.2 Å². The smallest absolute Gasteiger partial charge is 0.226 e. The van der Waals surface area contributed by atoms with Crippen LogP contribution in [-0.4, -0.2) is 5.91 Å². The number of halogens is 1. The van der Waals surface area contributed by atoms with Gasteiger partial charge in [0.2, 0.25) is 5.91 Å². The Morgan fingerprint density at radius 3 is 2.67 bits per heavy atom. The molecule has 0 heterocycles. The third kappa shape index (κ3) is 3.48. The Morgan fingerprint density at radius 2 is 2.13 bits per heavy atom. The molecule has 0 aromatic heterocycles. The summed E-state index contributed by atoms with van der Waals surface area (Å²) in [5.74, 6) is 0.0971. The number of hydrogen-bond acceptors (Lipinski definition) is 1. The normalized spacial score (nSPS) is 10.5. The van der Waals surface area contributed by atoms with E-state index in [0.717, 1.165) is 12.1 Å². The summed E-state index contributed by atoms with van der Waals surface area (Å²) in [6.45, 7) is 5.89. The van der Waals surface area contributed by atoms with E-state index in [4.69, 9.17) is 0 Å². The van der Waals surface area contributed by atoms with Crippen LogP contribution in [0.1, 0.15) is 26.3 Å². The molecule has 0 aliphatic heterocycles. The number of amides is 1. The third-order valence-electron chi connectivity index (χ3n) is 2.23. The molecule has 1 amide bonds. The fourth-order valence-corrected chi connectivity index (χ4v) is 1.81. The van der Waals surface area contributed by atoms with Crippen LogP contribution < -0.4 is 5.32 Å². The second-order valence-corrected chi connectivity index (χ2v) is 5.04. The second kappa shape index (κ2) is 5.49. The summed E-state index contributed by atoms with van der Waals surface area (Å²) in [5, 5.41) is 2.95. The maximum Gasteiger partial charge on any atom is 0.226 e. The molecule has 0 spiro atoms. The highest BCUT2D eigenvalue weighted by atomic mass is 127. The molecule has 1 aromatic rings. The molecule has 2 nitrogen and oxygen atoms in total. The standard InChI is InChI=1S/C12H16INO/c1-4-9-7-10(13)5-6-11(9)14-12(15)8(2)3/h5-8H,4H2,1-3H3,(H,14,15). The summed E-state index contributed by atoms with van der Waals surface area (Å²) < 4.78 is 1.20. The van der Waals surface area contributed by atoms with Gasteiger partial charge in [0.1, 0.15) is 0 Å². The van der Waals surface area contributed by atoms with Crippen molar-refractivity contribution in [2.24, 2.45) is 5.92 Å². The highest BCUT2D eigenvalue weighted by Crippen LogP contribution is 2.20. The zero-order valence-electron chi connectivity index (χ0n) is 9.30. The van der Waals surface area contributed by atoms with E-state index in [-0.39, 0.29) is 11.8 Å². The number of carbonyl (C=O) groups is 1. The van der Waals surface area contributed by atoms with Crippen molar-refractivity contribution in [3.63, 3.8) is 0 Å². The lowest BCUT2D eigenvalue weighted by Gasteiger charge is -2.11. The van der Waals surface area contributed by atoms with Crippen LogP contribution in [0.15, 0.2) is 18.2 Å². The topological polar surface area (TPSA) is 29.1 Å². The number of benzene rings is 1. The third-order valence-corrected chi connectivity index (χ3v) is 2.90. The van der Waals surface area contributed by atoms with E-state index >= 15 is 0 Å². The number of hydrogen-bond donors (Lipinski definition) is 1. The molecule has 0 aliphatic carbocycles. The minimum Gasteiger partial charge on any atom is -0.326 e. The van der Waals surface area contributed by atoms with Crippen LogP contribution >= 0.6 is 22.6 Å². The van der Waals surface area contributed by atoms with Crippen LogP contribution in [-0.2, 0) is 11.2 Å². The predicted octanol–water partition coefficient (Wildman–Crippen LogP) is 3.45. The van der Waals surface area contributed by atoms with E-state index in [9.17, 15) is 4.79 Å². The monoisotopic (exact) mass is 317 g/mol. The molecule has 3 heteroatoms. The second-order valence-electron chi connectivity index (χ2n) is 3.80. The molecule has 1 N–H and O–H groups in total. The maximum atomic E-state index is 11.6. The lowest BCUT2D eigenvalue weighted by molar-refractivity contribution is -0.118. The Morgan fingerprint density at radius 1 is 1.47 bits per heavy atom. The lowest BCUT2D eigenvalue weighted by atomic mass is 10.1. The van der Waals surface area contributed by atoms with E-state index in [2.05, 4.69) is 40.9 Å². The molecule has 0 atom stereocenters. The first-order valence-electron chi connectivity index (χ1n) is 5.14. The van der Waals surface area contributed by atoms with Crippen molar-refractivity contribution in [1.82, 2.24) is 0 Å². The van der Waals surface area contributed by atoms with Gasteiger partial charge in [0.25, 0.3) is 0 Å². The van der Waals surface area contributed by atoms with Crippen LogP contribution in [0.5, 0.6) is 0 Å². The van der Waals surface area contributed by atoms with E-state index in [1.807, 2.05) is 26.0 Å². The predicted molar refractivity (Wildman–Crippen MR) is 72.0 cm³/mol. The van der Waals surface area contributed by atoms with Gasteiger partial charge >= 0.3 is 0 Å². The summed E-state index contributed by atoms with van der Waals surface area (Å²) in [4.78, 5) is 11.6. The van der Waals surface area contributed by atoms with Crippen molar-refractivity contribution in [2.75, 3.05) is 5.32 Å². The van der Waals surface area contributed by atoms with Crippen molar-refractivity contribution < 1.29 is 4.79 Å². The number of anilines is 1. The molecular weight excluding hydrogens is 301 g/mol. The summed E-state index contributed by atoms with van der Waals surface area (Å²) >= 11 is 2.28. The van der Waals surface area contributed by atoms with Crippen LogP contribution in [0.25, 0.3) is 0 Å². The molecule has 0 unspecified atom stereocenters. The van der Waals surface area contributed by atoms with Gasteiger partial charge in [-0.2, -0.15) is 0 Å². The van der Waals surface area contributed by atoms with Gasteiger partial charge in [0.15, 0.2) is 0 Å². The SMILES string of the molecule is CCc1cc(I)ccc1NC(=O)C(C)C. The van der Waals surface area contributed by atoms with Gasteiger partial charge in [0, 0.05) is 15.2 Å². The Kier molecular flexibility index (Phi) is 4.57. The molecule has 1 rings (SSSR count). The molecule has 82 valence electrons. The highest BCUT2D eigenvalue weighted by Gasteiger charge is 2.09. The molecule has 0 fully saturated rings. The number of nitrogens with one attached hydrogen (secondary N) is 1. The Labute approximate surface area is 105 Å². The molecule has 0 bridgehead atoms. The minimum atomic E-state index is 0.0222. The van der Waals surface area contributed by atoms with Crippen molar-refractivity contribution in [3.8, 4) is 0 Å². The van der Waals surface area contributed by atoms with Gasteiger partial charge in [-0.05, 0) is 52.8 Å². The van der Waals surface area contributed by atoms with Gasteiger partial charge in [-0.15, -0.1) is 0 Å². The van der Waals surface area contributed by atoms with Crippen molar-refractivity contribution in [3.05, 3.63) is 27.3 Å². The van der Waals surface area contributed by atoms with E-state index in [1.165, 1.54) is 9.13 Å². The molecule has 1 aromatic carbocycles. The first-order chi connectivity index (χ1) is 7.04. The first-order valence-corrected chi connectivity index (χ1v) is 6.21. The van der Waals surface area contributed by atoms with Crippen molar-refractivity contribution in [2.45, 2.75) is 27.2 Å². The average molecular weight is 317 g/mol. The van der Waals surface area contributed by atoms with Crippen LogP contribution in [0.3, 0.4) is 0 Å². The molecule has 0 saturated heterocycles. The Hall–Kier alpha value is -0.580. The molecule has 15 heavy (non-hydrogen) atoms. The van der Waals surface area contributed by atoms with Gasteiger partial charge < -0.3 is 5.32 Å². The first kappa shape index (κ1) is 12.5. The van der Waals surface area contributed by atoms with Crippen molar-refractivity contribution in [1.29, 1.82) is 0 Å². The molecule has 0 aliphatic rings. The molecule has 0 saturated carbocycles. The zero-order valence-corrected chi connectivity index (χ0v) is 11.5. The number of carbonyl (C=O) groups excluding carboxylic acids is 1. The summed E-state index contributed by atoms with van der Waals surface area (Å²) in [6.07, 6.45) is 0.935. The highest BCUT2D eigenvalue weighted by molar-refractivity contribution is 14.1. The average Bonchev–Trinajstić information content (AvgIpc) is 2.20. The maximum absolute atomic E-state index is 11.6. The fourth-order valence-electron chi connectivity index (χ4n) is 1.25. The summed E-state index contributed by atoms with van der Waals surface area (Å²) in [5.41, 5.74) is 2.13. The fraction of sp³-hybridized carbons (Fsp3) is 0.417. The van der Waals surface area contributed by atoms with E-state index < -0.39 is 0 Å². The molecular formula is C12H16INO. The van der Waals surface area contributed by atoms with E-state index in [0.29, 0.717) is 0 Å². The van der Waals surface area contributed by atoms with E-state index in [1.54, 1.807) is 0 Å². The lowest BCUT2D eigenvalue weighted by Crippen LogP contribution is -2.18. The molecule has 0 radical (unpaired) electrons. The van der Waals surface area contributed by atoms with Gasteiger partial charge in [-0.25, -0.2) is 0 Å². The number of aryl methyl sites for hydroxylation is 1. The van der Waals surface area contributed by atoms with Crippen LogP contribution in [0.4, 0.5) is 5.69 Å².